The molecule has 1 nitrogen and oxygen atoms in total. The van der Waals surface area contributed by atoms with E-state index in [9.17, 15) is 0 Å². The first-order valence-corrected chi connectivity index (χ1v) is 8.20. The van der Waals surface area contributed by atoms with E-state index < -0.39 is 0 Å². The molecule has 0 aliphatic carbocycles. The molecule has 0 saturated heterocycles. The van der Waals surface area contributed by atoms with Crippen molar-refractivity contribution in [1.82, 2.24) is 5.32 Å². The van der Waals surface area contributed by atoms with Crippen LogP contribution >= 0.6 is 11.8 Å². The Morgan fingerprint density at radius 2 is 2.00 bits per heavy atom. The van der Waals surface area contributed by atoms with Gasteiger partial charge in [0.25, 0.3) is 0 Å². The summed E-state index contributed by atoms with van der Waals surface area (Å²) >= 11 is 2.03. The average Bonchev–Trinajstić information content (AvgIpc) is 2.37. The van der Waals surface area contributed by atoms with Crippen LogP contribution in [0.5, 0.6) is 0 Å². The molecular weight excluding hydrogens is 238 g/mol. The van der Waals surface area contributed by atoms with Crippen LogP contribution in [0.4, 0.5) is 0 Å². The number of aryl methyl sites for hydroxylation is 2. The standard InChI is InChI=1S/C16H27NS/c1-5-9-17-16(12-18-6-2)11-15-10-13(3)7-8-14(15)4/h7-8,10,16-17H,5-6,9,11-12H2,1-4H3. The fourth-order valence-corrected chi connectivity index (χ4v) is 2.84. The Labute approximate surface area is 117 Å². The summed E-state index contributed by atoms with van der Waals surface area (Å²) in [6.07, 6.45) is 2.36. The van der Waals surface area contributed by atoms with Gasteiger partial charge in [-0.15, -0.1) is 0 Å². The third-order valence-corrected chi connectivity index (χ3v) is 4.22. The van der Waals surface area contributed by atoms with Crippen LogP contribution in [0.3, 0.4) is 0 Å². The maximum Gasteiger partial charge on any atom is 0.0198 e. The zero-order valence-electron chi connectivity index (χ0n) is 12.3. The Morgan fingerprint density at radius 3 is 2.67 bits per heavy atom. The van der Waals surface area contributed by atoms with Crippen molar-refractivity contribution in [3.63, 3.8) is 0 Å². The quantitative estimate of drug-likeness (QED) is 0.763. The van der Waals surface area contributed by atoms with Crippen molar-refractivity contribution in [3.05, 3.63) is 34.9 Å². The van der Waals surface area contributed by atoms with Crippen LogP contribution < -0.4 is 5.32 Å². The Bertz CT molecular complexity index is 341. The molecule has 0 heterocycles. The van der Waals surface area contributed by atoms with Crippen LogP contribution in [0, 0.1) is 13.8 Å². The highest BCUT2D eigenvalue weighted by molar-refractivity contribution is 7.99. The van der Waals surface area contributed by atoms with E-state index in [1.807, 2.05) is 11.8 Å². The molecule has 1 atom stereocenters. The second kappa shape index (κ2) is 8.60. The van der Waals surface area contributed by atoms with Gasteiger partial charge in [-0.2, -0.15) is 11.8 Å². The minimum atomic E-state index is 0.607. The van der Waals surface area contributed by atoms with Crippen LogP contribution in [0.1, 0.15) is 37.0 Å². The molecule has 102 valence electrons. The summed E-state index contributed by atoms with van der Waals surface area (Å²) in [6, 6.07) is 7.39. The highest BCUT2D eigenvalue weighted by Crippen LogP contribution is 2.15. The zero-order valence-corrected chi connectivity index (χ0v) is 13.1. The van der Waals surface area contributed by atoms with E-state index >= 15 is 0 Å². The predicted octanol–water partition coefficient (Wildman–Crippen LogP) is 3.97. The zero-order chi connectivity index (χ0) is 13.4. The van der Waals surface area contributed by atoms with Gasteiger partial charge >= 0.3 is 0 Å². The molecule has 18 heavy (non-hydrogen) atoms. The van der Waals surface area contributed by atoms with Crippen molar-refractivity contribution < 1.29 is 0 Å². The van der Waals surface area contributed by atoms with E-state index in [1.165, 1.54) is 34.6 Å². The van der Waals surface area contributed by atoms with E-state index in [4.69, 9.17) is 0 Å². The van der Waals surface area contributed by atoms with Gasteiger partial charge < -0.3 is 5.32 Å². The van der Waals surface area contributed by atoms with Gasteiger partial charge in [0.2, 0.25) is 0 Å². The van der Waals surface area contributed by atoms with Crippen LogP contribution in [0.2, 0.25) is 0 Å². The molecule has 0 radical (unpaired) electrons. The number of thioether (sulfide) groups is 1. The number of benzene rings is 1. The van der Waals surface area contributed by atoms with Crippen LogP contribution in [0.15, 0.2) is 18.2 Å². The molecule has 2 heteroatoms. The fourth-order valence-electron chi connectivity index (χ4n) is 2.08. The maximum atomic E-state index is 3.68. The average molecular weight is 265 g/mol. The molecule has 1 rings (SSSR count). The first kappa shape index (κ1) is 15.6. The van der Waals surface area contributed by atoms with E-state index in [2.05, 4.69) is 51.2 Å². The largest absolute Gasteiger partial charge is 0.313 e. The monoisotopic (exact) mass is 265 g/mol. The third-order valence-electron chi connectivity index (χ3n) is 3.18. The van der Waals surface area contributed by atoms with Crippen LogP contribution in [-0.2, 0) is 6.42 Å². The maximum absolute atomic E-state index is 3.68. The van der Waals surface area contributed by atoms with Gasteiger partial charge in [0, 0.05) is 11.8 Å². The van der Waals surface area contributed by atoms with Gasteiger partial charge in [0.15, 0.2) is 0 Å². The lowest BCUT2D eigenvalue weighted by molar-refractivity contribution is 0.549. The number of rotatable bonds is 8. The highest BCUT2D eigenvalue weighted by atomic mass is 32.2. The van der Waals surface area contributed by atoms with Crippen molar-refractivity contribution in [3.8, 4) is 0 Å². The molecule has 0 fully saturated rings. The lowest BCUT2D eigenvalue weighted by Gasteiger charge is -2.19. The van der Waals surface area contributed by atoms with Crippen molar-refractivity contribution >= 4 is 11.8 Å². The van der Waals surface area contributed by atoms with Crippen molar-refractivity contribution in [2.75, 3.05) is 18.1 Å². The van der Waals surface area contributed by atoms with E-state index in [0.717, 1.165) is 13.0 Å². The van der Waals surface area contributed by atoms with Gasteiger partial charge in [-0.1, -0.05) is 37.6 Å². The normalized spacial score (nSPS) is 12.7. The lowest BCUT2D eigenvalue weighted by Crippen LogP contribution is -2.34. The number of hydrogen-bond acceptors (Lipinski definition) is 2. The molecule has 0 aromatic heterocycles. The fraction of sp³-hybridized carbons (Fsp3) is 0.625. The predicted molar refractivity (Wildman–Crippen MR) is 84.7 cm³/mol. The Hall–Kier alpha value is -0.470. The molecule has 1 aromatic rings. The SMILES string of the molecule is CCCNC(CSCC)Cc1cc(C)ccc1C. The molecule has 1 N–H and O–H groups in total. The summed E-state index contributed by atoms with van der Waals surface area (Å²) in [5.41, 5.74) is 4.29. The van der Waals surface area contributed by atoms with E-state index in [0.29, 0.717) is 6.04 Å². The second-order valence-electron chi connectivity index (χ2n) is 4.94. The summed E-state index contributed by atoms with van der Waals surface area (Å²) in [5.74, 6) is 2.42. The molecule has 1 aromatic carbocycles. The third kappa shape index (κ3) is 5.45. The Morgan fingerprint density at radius 1 is 1.22 bits per heavy atom. The topological polar surface area (TPSA) is 12.0 Å². The van der Waals surface area contributed by atoms with Gasteiger partial charge in [0.1, 0.15) is 0 Å². The molecule has 1 unspecified atom stereocenters. The molecule has 0 amide bonds. The molecule has 0 spiro atoms. The molecule has 0 bridgehead atoms. The minimum Gasteiger partial charge on any atom is -0.313 e. The second-order valence-corrected chi connectivity index (χ2v) is 6.26. The van der Waals surface area contributed by atoms with Crippen molar-refractivity contribution in [1.29, 1.82) is 0 Å². The van der Waals surface area contributed by atoms with Crippen LogP contribution in [-0.4, -0.2) is 24.1 Å². The van der Waals surface area contributed by atoms with Crippen molar-refractivity contribution in [2.24, 2.45) is 0 Å². The smallest absolute Gasteiger partial charge is 0.0198 e. The van der Waals surface area contributed by atoms with E-state index in [-0.39, 0.29) is 0 Å². The summed E-state index contributed by atoms with van der Waals surface area (Å²) in [5, 5.41) is 3.68. The van der Waals surface area contributed by atoms with Crippen LogP contribution in [0.25, 0.3) is 0 Å². The lowest BCUT2D eigenvalue weighted by atomic mass is 9.99. The minimum absolute atomic E-state index is 0.607. The molecule has 0 saturated carbocycles. The molecule has 0 aliphatic rings. The molecule has 0 aliphatic heterocycles. The summed E-state index contributed by atoms with van der Waals surface area (Å²) in [6.45, 7) is 9.99. The summed E-state index contributed by atoms with van der Waals surface area (Å²) in [7, 11) is 0. The Balaban J connectivity index is 2.65. The van der Waals surface area contributed by atoms with Gasteiger partial charge in [-0.3, -0.25) is 0 Å². The Kier molecular flexibility index (Phi) is 7.45. The summed E-state index contributed by atoms with van der Waals surface area (Å²) in [4.78, 5) is 0. The summed E-state index contributed by atoms with van der Waals surface area (Å²) < 4.78 is 0. The first-order chi connectivity index (χ1) is 8.67. The number of hydrogen-bond donors (Lipinski definition) is 1. The first-order valence-electron chi connectivity index (χ1n) is 7.04. The van der Waals surface area contributed by atoms with Gasteiger partial charge in [-0.25, -0.2) is 0 Å². The van der Waals surface area contributed by atoms with Gasteiger partial charge in [0.05, 0.1) is 0 Å². The number of nitrogens with one attached hydrogen (secondary N) is 1. The molecular formula is C16H27NS. The van der Waals surface area contributed by atoms with Gasteiger partial charge in [-0.05, 0) is 50.1 Å². The van der Waals surface area contributed by atoms with E-state index in [1.54, 1.807) is 0 Å². The van der Waals surface area contributed by atoms with Crippen molar-refractivity contribution in [2.45, 2.75) is 46.6 Å². The highest BCUT2D eigenvalue weighted by Gasteiger charge is 2.10.